The third-order valence-corrected chi connectivity index (χ3v) is 3.51. The Kier molecular flexibility index (Phi) is 4.77. The molecule has 0 aromatic heterocycles. The average molecular weight is 298 g/mol. The second kappa shape index (κ2) is 6.39. The molecule has 1 aliphatic heterocycles. The molecular formula is C15H20F2N2O2. The molecule has 0 saturated carbocycles. The maximum absolute atomic E-state index is 13.8. The van der Waals surface area contributed by atoms with Gasteiger partial charge in [-0.05, 0) is 38.8 Å². The lowest BCUT2D eigenvalue weighted by atomic mass is 9.94. The van der Waals surface area contributed by atoms with Gasteiger partial charge in [0.1, 0.15) is 17.3 Å². The number of nitrogens with one attached hydrogen (secondary N) is 2. The van der Waals surface area contributed by atoms with Gasteiger partial charge in [0.2, 0.25) is 0 Å². The zero-order valence-corrected chi connectivity index (χ0v) is 12.3. The predicted octanol–water partition coefficient (Wildman–Crippen LogP) is 2.70. The largest absolute Gasteiger partial charge is 0.381 e. The van der Waals surface area contributed by atoms with Gasteiger partial charge in [-0.2, -0.15) is 0 Å². The van der Waals surface area contributed by atoms with Gasteiger partial charge < -0.3 is 15.4 Å². The molecule has 1 heterocycles. The van der Waals surface area contributed by atoms with Crippen molar-refractivity contribution in [3.05, 3.63) is 29.3 Å². The van der Waals surface area contributed by atoms with Crippen molar-refractivity contribution in [3.8, 4) is 0 Å². The van der Waals surface area contributed by atoms with Crippen LogP contribution in [0.3, 0.4) is 0 Å². The minimum absolute atomic E-state index is 0.0292. The average Bonchev–Trinajstić information content (AvgIpc) is 2.43. The number of hydrogen-bond acceptors (Lipinski definition) is 3. The minimum Gasteiger partial charge on any atom is -0.381 e. The van der Waals surface area contributed by atoms with Crippen molar-refractivity contribution in [1.29, 1.82) is 0 Å². The molecule has 1 amide bonds. The lowest BCUT2D eigenvalue weighted by molar-refractivity contribution is 0.0272. The van der Waals surface area contributed by atoms with Crippen LogP contribution in [0.2, 0.25) is 0 Å². The molecular weight excluding hydrogens is 278 g/mol. The summed E-state index contributed by atoms with van der Waals surface area (Å²) in [6.07, 6.45) is 1.62. The molecule has 0 radical (unpaired) electrons. The highest BCUT2D eigenvalue weighted by Crippen LogP contribution is 2.23. The Morgan fingerprint density at radius 1 is 1.38 bits per heavy atom. The number of rotatable bonds is 4. The van der Waals surface area contributed by atoms with E-state index in [0.717, 1.165) is 25.0 Å². The van der Waals surface area contributed by atoms with E-state index in [1.54, 1.807) is 6.92 Å². The molecule has 1 aromatic carbocycles. The monoisotopic (exact) mass is 298 g/mol. The second-order valence-electron chi connectivity index (χ2n) is 5.52. The summed E-state index contributed by atoms with van der Waals surface area (Å²) < 4.78 is 33.0. The van der Waals surface area contributed by atoms with Crippen LogP contribution in [0.5, 0.6) is 0 Å². The van der Waals surface area contributed by atoms with Gasteiger partial charge in [-0.3, -0.25) is 4.79 Å². The molecule has 1 aliphatic rings. The van der Waals surface area contributed by atoms with Crippen molar-refractivity contribution in [2.45, 2.75) is 32.2 Å². The number of carbonyl (C=O) groups is 1. The summed E-state index contributed by atoms with van der Waals surface area (Å²) in [4.78, 5) is 12.2. The fraction of sp³-hybridized carbons (Fsp3) is 0.533. The molecule has 1 fully saturated rings. The van der Waals surface area contributed by atoms with Crippen LogP contribution in [0.4, 0.5) is 14.5 Å². The van der Waals surface area contributed by atoms with Gasteiger partial charge in [0.25, 0.3) is 5.91 Å². The van der Waals surface area contributed by atoms with Gasteiger partial charge in [0, 0.05) is 18.7 Å². The van der Waals surface area contributed by atoms with Gasteiger partial charge >= 0.3 is 0 Å². The number of ether oxygens (including phenoxy) is 1. The van der Waals surface area contributed by atoms with Crippen molar-refractivity contribution < 1.29 is 18.3 Å². The summed E-state index contributed by atoms with van der Waals surface area (Å²) in [6.45, 7) is 5.08. The molecule has 1 aromatic rings. The quantitative estimate of drug-likeness (QED) is 0.898. The number of carbonyl (C=O) groups excluding carboxylic acids is 1. The van der Waals surface area contributed by atoms with E-state index in [2.05, 4.69) is 10.6 Å². The third-order valence-electron chi connectivity index (χ3n) is 3.51. The molecule has 2 N–H and O–H groups in total. The number of amides is 1. The molecule has 21 heavy (non-hydrogen) atoms. The maximum Gasteiger partial charge on any atom is 0.251 e. The van der Waals surface area contributed by atoms with Crippen LogP contribution in [0.25, 0.3) is 0 Å². The van der Waals surface area contributed by atoms with Gasteiger partial charge in [0.05, 0.1) is 12.1 Å². The summed E-state index contributed by atoms with van der Waals surface area (Å²) in [5, 5.41) is 5.40. The Labute approximate surface area is 122 Å². The van der Waals surface area contributed by atoms with Crippen LogP contribution >= 0.6 is 0 Å². The Morgan fingerprint density at radius 3 is 2.57 bits per heavy atom. The molecule has 0 spiro atoms. The lowest BCUT2D eigenvalue weighted by Crippen LogP contribution is -2.51. The normalized spacial score (nSPS) is 21.9. The van der Waals surface area contributed by atoms with E-state index < -0.39 is 23.1 Å². The lowest BCUT2D eigenvalue weighted by Gasteiger charge is -2.34. The summed E-state index contributed by atoms with van der Waals surface area (Å²) in [6, 6.07) is 2.09. The predicted molar refractivity (Wildman–Crippen MR) is 76.4 cm³/mol. The highest BCUT2D eigenvalue weighted by atomic mass is 19.1. The zero-order valence-electron chi connectivity index (χ0n) is 12.3. The van der Waals surface area contributed by atoms with Crippen LogP contribution in [-0.4, -0.2) is 31.2 Å². The van der Waals surface area contributed by atoms with Crippen LogP contribution < -0.4 is 10.6 Å². The van der Waals surface area contributed by atoms with E-state index in [1.165, 1.54) is 0 Å². The van der Waals surface area contributed by atoms with Crippen LogP contribution in [0.1, 0.15) is 37.0 Å². The van der Waals surface area contributed by atoms with E-state index in [1.807, 2.05) is 6.92 Å². The first-order valence-corrected chi connectivity index (χ1v) is 7.08. The summed E-state index contributed by atoms with van der Waals surface area (Å²) >= 11 is 0. The van der Waals surface area contributed by atoms with Crippen LogP contribution in [-0.2, 0) is 4.74 Å². The van der Waals surface area contributed by atoms with E-state index in [4.69, 9.17) is 4.74 Å². The van der Waals surface area contributed by atoms with E-state index in [9.17, 15) is 13.6 Å². The van der Waals surface area contributed by atoms with Crippen molar-refractivity contribution in [2.24, 2.45) is 0 Å². The molecule has 1 unspecified atom stereocenters. The Balaban J connectivity index is 2.16. The first kappa shape index (κ1) is 15.7. The molecule has 1 saturated heterocycles. The smallest absolute Gasteiger partial charge is 0.251 e. The van der Waals surface area contributed by atoms with Crippen molar-refractivity contribution >= 4 is 11.6 Å². The SMILES string of the molecule is CCNc1c(F)cc(C(=O)NC2(C)CCCOC2)cc1F. The first-order chi connectivity index (χ1) is 9.95. The number of hydrogen-bond donors (Lipinski definition) is 2. The fourth-order valence-electron chi connectivity index (χ4n) is 2.43. The topological polar surface area (TPSA) is 50.4 Å². The highest BCUT2D eigenvalue weighted by Gasteiger charge is 2.30. The number of benzene rings is 1. The summed E-state index contributed by atoms with van der Waals surface area (Å²) in [7, 11) is 0. The Bertz CT molecular complexity index is 505. The molecule has 1 atom stereocenters. The fourth-order valence-corrected chi connectivity index (χ4v) is 2.43. The first-order valence-electron chi connectivity index (χ1n) is 7.08. The highest BCUT2D eigenvalue weighted by molar-refractivity contribution is 5.95. The van der Waals surface area contributed by atoms with Gasteiger partial charge in [-0.25, -0.2) is 8.78 Å². The van der Waals surface area contributed by atoms with Crippen molar-refractivity contribution in [2.75, 3.05) is 25.1 Å². The molecule has 2 rings (SSSR count). The van der Waals surface area contributed by atoms with Gasteiger partial charge in [0.15, 0.2) is 0 Å². The second-order valence-corrected chi connectivity index (χ2v) is 5.52. The molecule has 116 valence electrons. The molecule has 0 bridgehead atoms. The summed E-state index contributed by atoms with van der Waals surface area (Å²) in [5.41, 5.74) is -0.734. The number of halogens is 2. The standard InChI is InChI=1S/C15H20F2N2O2/c1-3-18-13-11(16)7-10(8-12(13)17)14(20)19-15(2)5-4-6-21-9-15/h7-8,18H,3-6,9H2,1-2H3,(H,19,20). The maximum atomic E-state index is 13.8. The van der Waals surface area contributed by atoms with Crippen LogP contribution in [0, 0.1) is 11.6 Å². The van der Waals surface area contributed by atoms with Crippen molar-refractivity contribution in [3.63, 3.8) is 0 Å². The van der Waals surface area contributed by atoms with Crippen molar-refractivity contribution in [1.82, 2.24) is 5.32 Å². The molecule has 6 heteroatoms. The van der Waals surface area contributed by atoms with E-state index in [0.29, 0.717) is 19.8 Å². The molecule has 0 aliphatic carbocycles. The van der Waals surface area contributed by atoms with E-state index in [-0.39, 0.29) is 11.3 Å². The van der Waals surface area contributed by atoms with E-state index >= 15 is 0 Å². The van der Waals surface area contributed by atoms with Gasteiger partial charge in [-0.15, -0.1) is 0 Å². The Morgan fingerprint density at radius 2 is 2.05 bits per heavy atom. The minimum atomic E-state index is -0.771. The van der Waals surface area contributed by atoms with Gasteiger partial charge in [-0.1, -0.05) is 0 Å². The molecule has 4 nitrogen and oxygen atoms in total. The van der Waals surface area contributed by atoms with Crippen LogP contribution in [0.15, 0.2) is 12.1 Å². The Hall–Kier alpha value is -1.69. The summed E-state index contributed by atoms with van der Waals surface area (Å²) in [5.74, 6) is -2.04. The number of anilines is 1. The third kappa shape index (κ3) is 3.69. The zero-order chi connectivity index (χ0) is 15.5.